The van der Waals surface area contributed by atoms with E-state index in [1.54, 1.807) is 24.3 Å². The summed E-state index contributed by atoms with van der Waals surface area (Å²) in [5.41, 5.74) is -0.213. The zero-order chi connectivity index (χ0) is 15.9. The maximum absolute atomic E-state index is 12.6. The summed E-state index contributed by atoms with van der Waals surface area (Å²) in [5, 5.41) is 16.1. The Bertz CT molecular complexity index is 810. The number of H-pyrrole nitrogens is 1. The number of aromatic amines is 1. The minimum Gasteiger partial charge on any atom is -0.480 e. The number of nitrogens with one attached hydrogen (secondary N) is 1. The van der Waals surface area contributed by atoms with Gasteiger partial charge in [-0.15, -0.1) is 0 Å². The zero-order valence-electron chi connectivity index (χ0n) is 11.9. The molecule has 1 aliphatic rings. The molecule has 7 heteroatoms. The highest BCUT2D eigenvalue weighted by Gasteiger charge is 2.40. The number of rotatable bonds is 4. The molecule has 1 amide bonds. The predicted octanol–water partition coefficient (Wildman–Crippen LogP) is 1.00. The molecule has 1 atom stereocenters. The topological polar surface area (TPSA) is 103 Å². The monoisotopic (exact) mass is 301 g/mol. The third kappa shape index (κ3) is 2.34. The summed E-state index contributed by atoms with van der Waals surface area (Å²) < 4.78 is 0. The van der Waals surface area contributed by atoms with Crippen LogP contribution in [0.3, 0.4) is 0 Å². The Kier molecular flexibility index (Phi) is 3.40. The van der Waals surface area contributed by atoms with Gasteiger partial charge in [0.1, 0.15) is 6.04 Å². The quantitative estimate of drug-likeness (QED) is 0.877. The lowest BCUT2D eigenvalue weighted by molar-refractivity contribution is -0.141. The molecule has 3 rings (SSSR count). The van der Waals surface area contributed by atoms with E-state index in [-0.39, 0.29) is 11.7 Å². The van der Waals surface area contributed by atoms with E-state index < -0.39 is 23.3 Å². The summed E-state index contributed by atoms with van der Waals surface area (Å²) in [4.78, 5) is 37.5. The summed E-state index contributed by atoms with van der Waals surface area (Å²) in [6.07, 6.45) is 1.49. The third-order valence-electron chi connectivity index (χ3n) is 3.83. The largest absolute Gasteiger partial charge is 0.480 e. The first-order valence-electron chi connectivity index (χ1n) is 7.03. The van der Waals surface area contributed by atoms with Crippen molar-refractivity contribution in [1.82, 2.24) is 15.1 Å². The average molecular weight is 301 g/mol. The molecule has 0 unspecified atom stereocenters. The molecule has 2 aromatic rings. The Morgan fingerprint density at radius 3 is 2.68 bits per heavy atom. The number of benzene rings is 1. The lowest BCUT2D eigenvalue weighted by Gasteiger charge is -2.25. The number of hydrogen-bond donors (Lipinski definition) is 2. The van der Waals surface area contributed by atoms with Gasteiger partial charge in [-0.25, -0.2) is 4.79 Å². The van der Waals surface area contributed by atoms with Crippen molar-refractivity contribution in [2.75, 3.05) is 0 Å². The van der Waals surface area contributed by atoms with Gasteiger partial charge in [-0.05, 0) is 31.9 Å². The lowest BCUT2D eigenvalue weighted by Crippen LogP contribution is -2.46. The molecule has 0 spiro atoms. The third-order valence-corrected chi connectivity index (χ3v) is 3.83. The van der Waals surface area contributed by atoms with Gasteiger partial charge in [-0.2, -0.15) is 5.10 Å². The molecule has 0 radical (unpaired) electrons. The van der Waals surface area contributed by atoms with Gasteiger partial charge in [-0.3, -0.25) is 14.7 Å². The number of carboxylic acid groups (broad SMARTS) is 1. The Balaban J connectivity index is 2.05. The predicted molar refractivity (Wildman–Crippen MR) is 78.7 cm³/mol. The highest BCUT2D eigenvalue weighted by molar-refractivity contribution is 5.97. The number of carboxylic acids is 1. The van der Waals surface area contributed by atoms with Crippen LogP contribution in [0.25, 0.3) is 10.9 Å². The second-order valence-corrected chi connectivity index (χ2v) is 5.40. The van der Waals surface area contributed by atoms with E-state index in [4.69, 9.17) is 5.11 Å². The number of aromatic nitrogens is 2. The fraction of sp³-hybridized carbons (Fsp3) is 0.333. The first-order chi connectivity index (χ1) is 10.5. The van der Waals surface area contributed by atoms with Crippen molar-refractivity contribution in [1.29, 1.82) is 0 Å². The van der Waals surface area contributed by atoms with Crippen molar-refractivity contribution < 1.29 is 14.7 Å². The Morgan fingerprint density at radius 2 is 2.05 bits per heavy atom. The summed E-state index contributed by atoms with van der Waals surface area (Å²) >= 11 is 0. The van der Waals surface area contributed by atoms with Crippen molar-refractivity contribution >= 4 is 22.8 Å². The minimum atomic E-state index is -1.10. The van der Waals surface area contributed by atoms with E-state index in [1.807, 2.05) is 0 Å². The smallest absolute Gasteiger partial charge is 0.326 e. The number of para-hydroxylation sites is 1. The Morgan fingerprint density at radius 1 is 1.36 bits per heavy atom. The van der Waals surface area contributed by atoms with Gasteiger partial charge in [0.05, 0.1) is 5.52 Å². The van der Waals surface area contributed by atoms with Crippen LogP contribution >= 0.6 is 0 Å². The van der Waals surface area contributed by atoms with Crippen molar-refractivity contribution in [3.63, 3.8) is 0 Å². The fourth-order valence-electron chi connectivity index (χ4n) is 2.47. The minimum absolute atomic E-state index is 0.133. The average Bonchev–Trinajstić information content (AvgIpc) is 3.32. The molecule has 0 aliphatic heterocycles. The number of fused-ring (bicyclic) bond motifs is 1. The van der Waals surface area contributed by atoms with Gasteiger partial charge >= 0.3 is 5.97 Å². The zero-order valence-corrected chi connectivity index (χ0v) is 11.9. The molecule has 2 N–H and O–H groups in total. The SMILES string of the molecule is C[C@@H](C(=O)O)N(C(=O)c1n[nH]c2ccccc2c1=O)C1CC1. The van der Waals surface area contributed by atoms with Gasteiger partial charge in [-0.1, -0.05) is 12.1 Å². The van der Waals surface area contributed by atoms with Crippen LogP contribution in [0.15, 0.2) is 29.1 Å². The summed E-state index contributed by atoms with van der Waals surface area (Å²) in [7, 11) is 0. The summed E-state index contributed by atoms with van der Waals surface area (Å²) in [5.74, 6) is -1.73. The molecule has 114 valence electrons. The molecule has 1 aliphatic carbocycles. The second-order valence-electron chi connectivity index (χ2n) is 5.40. The molecule has 1 saturated carbocycles. The molecule has 7 nitrogen and oxygen atoms in total. The van der Waals surface area contributed by atoms with Crippen LogP contribution in [0, 0.1) is 0 Å². The molecule has 1 aromatic carbocycles. The number of carbonyl (C=O) groups is 2. The lowest BCUT2D eigenvalue weighted by atomic mass is 10.1. The first kappa shape index (κ1) is 14.2. The Labute approximate surface area is 125 Å². The number of aliphatic carboxylic acids is 1. The fourth-order valence-corrected chi connectivity index (χ4v) is 2.47. The van der Waals surface area contributed by atoms with Gasteiger partial charge in [0.25, 0.3) is 5.91 Å². The van der Waals surface area contributed by atoms with Crippen molar-refractivity contribution in [3.05, 3.63) is 40.2 Å². The normalized spacial score (nSPS) is 15.5. The molecular formula is C15H15N3O4. The maximum Gasteiger partial charge on any atom is 0.326 e. The maximum atomic E-state index is 12.6. The van der Waals surface area contributed by atoms with Crippen LogP contribution in [-0.2, 0) is 4.79 Å². The molecule has 1 heterocycles. The number of carbonyl (C=O) groups excluding carboxylic acids is 1. The molecular weight excluding hydrogens is 286 g/mol. The van der Waals surface area contributed by atoms with Gasteiger partial charge in [0.2, 0.25) is 5.43 Å². The summed E-state index contributed by atoms with van der Waals surface area (Å²) in [6.45, 7) is 1.44. The standard InChI is InChI=1S/C15H15N3O4/c1-8(15(21)22)18(9-6-7-9)14(20)12-13(19)10-4-2-3-5-11(10)16-17-12/h2-5,8-9H,6-7H2,1H3,(H,16,19)(H,21,22)/t8-/m0/s1. The van der Waals surface area contributed by atoms with Crippen molar-refractivity contribution in [2.45, 2.75) is 31.8 Å². The number of hydrogen-bond acceptors (Lipinski definition) is 4. The van der Waals surface area contributed by atoms with Crippen molar-refractivity contribution in [3.8, 4) is 0 Å². The molecule has 22 heavy (non-hydrogen) atoms. The van der Waals surface area contributed by atoms with E-state index in [1.165, 1.54) is 11.8 Å². The summed E-state index contributed by atoms with van der Waals surface area (Å²) in [6, 6.07) is 5.62. The van der Waals surface area contributed by atoms with E-state index in [9.17, 15) is 14.4 Å². The molecule has 1 fully saturated rings. The van der Waals surface area contributed by atoms with E-state index >= 15 is 0 Å². The van der Waals surface area contributed by atoms with Crippen LogP contribution in [0.1, 0.15) is 30.3 Å². The molecule has 0 bridgehead atoms. The van der Waals surface area contributed by atoms with E-state index in [0.717, 1.165) is 12.8 Å². The van der Waals surface area contributed by atoms with Gasteiger partial charge in [0.15, 0.2) is 5.69 Å². The number of amides is 1. The van der Waals surface area contributed by atoms with Crippen LogP contribution in [0.4, 0.5) is 0 Å². The highest BCUT2D eigenvalue weighted by Crippen LogP contribution is 2.29. The van der Waals surface area contributed by atoms with Crippen LogP contribution in [-0.4, -0.2) is 44.2 Å². The van der Waals surface area contributed by atoms with E-state index in [0.29, 0.717) is 10.9 Å². The van der Waals surface area contributed by atoms with Crippen LogP contribution in [0.5, 0.6) is 0 Å². The van der Waals surface area contributed by atoms with E-state index in [2.05, 4.69) is 10.2 Å². The van der Waals surface area contributed by atoms with Gasteiger partial charge in [0, 0.05) is 11.4 Å². The molecule has 1 aromatic heterocycles. The van der Waals surface area contributed by atoms with Crippen molar-refractivity contribution in [2.24, 2.45) is 0 Å². The molecule has 0 saturated heterocycles. The van der Waals surface area contributed by atoms with Gasteiger partial charge < -0.3 is 10.0 Å². The number of nitrogens with zero attached hydrogens (tertiary/aromatic N) is 2. The first-order valence-corrected chi connectivity index (χ1v) is 7.03. The Hall–Kier alpha value is -2.70. The van der Waals surface area contributed by atoms with Crippen LogP contribution < -0.4 is 5.43 Å². The van der Waals surface area contributed by atoms with Crippen LogP contribution in [0.2, 0.25) is 0 Å². The second kappa shape index (κ2) is 5.25. The highest BCUT2D eigenvalue weighted by atomic mass is 16.4.